The van der Waals surface area contributed by atoms with Crippen LogP contribution in [-0.2, 0) is 11.2 Å². The molecule has 0 fully saturated rings. The molecule has 2 aromatic rings. The molecule has 132 valence electrons. The Balaban J connectivity index is 2.13. The quantitative estimate of drug-likeness (QED) is 0.692. The van der Waals surface area contributed by atoms with Gasteiger partial charge in [-0.3, -0.25) is 4.79 Å². The van der Waals surface area contributed by atoms with Crippen LogP contribution in [0.4, 0.5) is 5.69 Å². The predicted molar refractivity (Wildman–Crippen MR) is 97.1 cm³/mol. The average Bonchev–Trinajstić information content (AvgIpc) is 2.56. The molecule has 0 saturated heterocycles. The first-order chi connectivity index (χ1) is 11.8. The zero-order chi connectivity index (χ0) is 18.6. The molecule has 1 unspecified atom stereocenters. The number of hydrogen-bond donors (Lipinski definition) is 3. The molecule has 1 amide bonds. The highest BCUT2D eigenvalue weighted by molar-refractivity contribution is 6.00. The van der Waals surface area contributed by atoms with Crippen molar-refractivity contribution in [3.63, 3.8) is 0 Å². The van der Waals surface area contributed by atoms with Crippen LogP contribution in [0.3, 0.4) is 0 Å². The number of carboxylic acids is 1. The van der Waals surface area contributed by atoms with Crippen molar-refractivity contribution in [3.8, 4) is 5.75 Å². The highest BCUT2D eigenvalue weighted by atomic mass is 16.4. The van der Waals surface area contributed by atoms with Gasteiger partial charge in [-0.15, -0.1) is 0 Å². The third-order valence-corrected chi connectivity index (χ3v) is 4.04. The minimum Gasteiger partial charge on any atom is -0.505 e. The Kier molecular flexibility index (Phi) is 5.80. The van der Waals surface area contributed by atoms with Gasteiger partial charge in [0.05, 0.1) is 11.6 Å². The van der Waals surface area contributed by atoms with Crippen molar-refractivity contribution in [2.24, 2.45) is 5.92 Å². The van der Waals surface area contributed by atoms with Gasteiger partial charge in [0.2, 0.25) is 5.91 Å². The lowest BCUT2D eigenvalue weighted by Gasteiger charge is -2.15. The zero-order valence-corrected chi connectivity index (χ0v) is 14.6. The minimum absolute atomic E-state index is 0.0909. The van der Waals surface area contributed by atoms with Crippen LogP contribution in [0.25, 0.3) is 0 Å². The van der Waals surface area contributed by atoms with Crippen molar-refractivity contribution < 1.29 is 19.8 Å². The molecule has 0 spiro atoms. The van der Waals surface area contributed by atoms with Gasteiger partial charge < -0.3 is 15.5 Å². The molecule has 0 aromatic heterocycles. The molecule has 0 heterocycles. The molecule has 2 rings (SSSR count). The van der Waals surface area contributed by atoms with Crippen LogP contribution < -0.4 is 5.32 Å². The van der Waals surface area contributed by atoms with Crippen LogP contribution in [0, 0.1) is 5.92 Å². The Labute approximate surface area is 147 Å². The molecular weight excluding hydrogens is 318 g/mol. The second-order valence-electron chi connectivity index (χ2n) is 6.56. The third-order valence-electron chi connectivity index (χ3n) is 4.04. The first-order valence-corrected chi connectivity index (χ1v) is 8.24. The average molecular weight is 341 g/mol. The Morgan fingerprint density at radius 1 is 1.04 bits per heavy atom. The lowest BCUT2D eigenvalue weighted by atomic mass is 9.96. The molecule has 1 atom stereocenters. The van der Waals surface area contributed by atoms with E-state index in [2.05, 4.69) is 19.2 Å². The molecule has 5 heteroatoms. The van der Waals surface area contributed by atoms with Crippen molar-refractivity contribution in [1.82, 2.24) is 0 Å². The van der Waals surface area contributed by atoms with Crippen LogP contribution in [0.2, 0.25) is 0 Å². The lowest BCUT2D eigenvalue weighted by molar-refractivity contribution is -0.117. The van der Waals surface area contributed by atoms with Gasteiger partial charge in [-0.05, 0) is 42.5 Å². The van der Waals surface area contributed by atoms with Gasteiger partial charge in [-0.2, -0.15) is 0 Å². The first-order valence-electron chi connectivity index (χ1n) is 8.24. The molecule has 0 aliphatic carbocycles. The third kappa shape index (κ3) is 4.59. The summed E-state index contributed by atoms with van der Waals surface area (Å²) >= 11 is 0. The number of aromatic hydroxyl groups is 1. The van der Waals surface area contributed by atoms with E-state index < -0.39 is 17.6 Å². The number of para-hydroxylation sites is 1. The van der Waals surface area contributed by atoms with Gasteiger partial charge in [0.25, 0.3) is 0 Å². The van der Waals surface area contributed by atoms with Crippen molar-refractivity contribution in [2.45, 2.75) is 33.1 Å². The summed E-state index contributed by atoms with van der Waals surface area (Å²) in [7, 11) is 0. The molecule has 5 nitrogen and oxygen atoms in total. The highest BCUT2D eigenvalue weighted by Gasteiger charge is 2.19. The van der Waals surface area contributed by atoms with E-state index in [1.54, 1.807) is 6.92 Å². The molecule has 0 aliphatic heterocycles. The first kappa shape index (κ1) is 18.5. The Hall–Kier alpha value is -2.82. The van der Waals surface area contributed by atoms with E-state index in [1.165, 1.54) is 23.8 Å². The van der Waals surface area contributed by atoms with Crippen molar-refractivity contribution in [3.05, 3.63) is 59.2 Å². The van der Waals surface area contributed by atoms with Crippen LogP contribution in [0.15, 0.2) is 42.5 Å². The van der Waals surface area contributed by atoms with Gasteiger partial charge in [0.15, 0.2) is 5.75 Å². The van der Waals surface area contributed by atoms with Crippen LogP contribution >= 0.6 is 0 Å². The number of carboxylic acid groups (broad SMARTS) is 1. The second-order valence-corrected chi connectivity index (χ2v) is 6.56. The number of carbonyl (C=O) groups is 2. The SMILES string of the molecule is CC(C)Cc1ccc(C(C)C(=O)Nc2cccc(C(=O)O)c2O)cc1. The number of amides is 1. The molecule has 0 saturated carbocycles. The zero-order valence-electron chi connectivity index (χ0n) is 14.6. The summed E-state index contributed by atoms with van der Waals surface area (Å²) in [5.41, 5.74) is 1.92. The summed E-state index contributed by atoms with van der Waals surface area (Å²) in [6.07, 6.45) is 0.983. The fraction of sp³-hybridized carbons (Fsp3) is 0.300. The molecule has 3 N–H and O–H groups in total. The molecule has 0 aliphatic rings. The van der Waals surface area contributed by atoms with E-state index in [4.69, 9.17) is 5.11 Å². The highest BCUT2D eigenvalue weighted by Crippen LogP contribution is 2.29. The van der Waals surface area contributed by atoms with E-state index in [-0.39, 0.29) is 17.2 Å². The summed E-state index contributed by atoms with van der Waals surface area (Å²) in [5.74, 6) is -1.86. The Bertz CT molecular complexity index is 766. The largest absolute Gasteiger partial charge is 0.505 e. The monoisotopic (exact) mass is 341 g/mol. The molecule has 0 bridgehead atoms. The van der Waals surface area contributed by atoms with Crippen LogP contribution in [0.1, 0.15) is 48.2 Å². The summed E-state index contributed by atoms with van der Waals surface area (Å²) in [4.78, 5) is 23.5. The Morgan fingerprint density at radius 3 is 2.24 bits per heavy atom. The van der Waals surface area contributed by atoms with Crippen molar-refractivity contribution in [1.29, 1.82) is 0 Å². The number of nitrogens with one attached hydrogen (secondary N) is 1. The van der Waals surface area contributed by atoms with Crippen LogP contribution in [0.5, 0.6) is 5.75 Å². The number of anilines is 1. The summed E-state index contributed by atoms with van der Waals surface area (Å²) in [6.45, 7) is 6.08. The summed E-state index contributed by atoms with van der Waals surface area (Å²) < 4.78 is 0. The maximum atomic E-state index is 12.4. The fourth-order valence-electron chi connectivity index (χ4n) is 2.62. The van der Waals surface area contributed by atoms with Crippen LogP contribution in [-0.4, -0.2) is 22.1 Å². The fourth-order valence-corrected chi connectivity index (χ4v) is 2.62. The number of benzene rings is 2. The summed E-state index contributed by atoms with van der Waals surface area (Å²) in [6, 6.07) is 12.1. The maximum Gasteiger partial charge on any atom is 0.339 e. The standard InChI is InChI=1S/C20H23NO4/c1-12(2)11-14-7-9-15(10-8-14)13(3)19(23)21-17-6-4-5-16(18(17)22)20(24)25/h4-10,12-13,22H,11H2,1-3H3,(H,21,23)(H,24,25). The van der Waals surface area contributed by atoms with E-state index in [9.17, 15) is 14.7 Å². The van der Waals surface area contributed by atoms with E-state index in [1.807, 2.05) is 24.3 Å². The Morgan fingerprint density at radius 2 is 1.68 bits per heavy atom. The molecule has 25 heavy (non-hydrogen) atoms. The summed E-state index contributed by atoms with van der Waals surface area (Å²) in [5, 5.41) is 21.6. The number of rotatable bonds is 6. The second kappa shape index (κ2) is 7.83. The smallest absolute Gasteiger partial charge is 0.339 e. The van der Waals surface area contributed by atoms with Gasteiger partial charge >= 0.3 is 5.97 Å². The van der Waals surface area contributed by atoms with E-state index >= 15 is 0 Å². The van der Waals surface area contributed by atoms with Crippen molar-refractivity contribution in [2.75, 3.05) is 5.32 Å². The minimum atomic E-state index is -1.25. The molecule has 0 radical (unpaired) electrons. The van der Waals surface area contributed by atoms with Gasteiger partial charge in [0.1, 0.15) is 5.56 Å². The van der Waals surface area contributed by atoms with Gasteiger partial charge in [-0.1, -0.05) is 44.2 Å². The van der Waals surface area contributed by atoms with E-state index in [0.717, 1.165) is 12.0 Å². The van der Waals surface area contributed by atoms with E-state index in [0.29, 0.717) is 5.92 Å². The van der Waals surface area contributed by atoms with Gasteiger partial charge in [-0.25, -0.2) is 4.79 Å². The lowest BCUT2D eigenvalue weighted by Crippen LogP contribution is -2.19. The van der Waals surface area contributed by atoms with Gasteiger partial charge in [0, 0.05) is 0 Å². The number of carbonyl (C=O) groups excluding carboxylic acids is 1. The maximum absolute atomic E-state index is 12.4. The molecule has 2 aromatic carbocycles. The number of aromatic carboxylic acids is 1. The molecular formula is C20H23NO4. The number of hydrogen-bond acceptors (Lipinski definition) is 3. The topological polar surface area (TPSA) is 86.6 Å². The van der Waals surface area contributed by atoms with Crippen molar-refractivity contribution >= 4 is 17.6 Å². The number of phenols is 1. The predicted octanol–water partition coefficient (Wildman–Crippen LogP) is 4.03. The normalized spacial score (nSPS) is 12.0.